The third-order valence-electron chi connectivity index (χ3n) is 3.35. The van der Waals surface area contributed by atoms with E-state index in [2.05, 4.69) is 5.32 Å². The number of aliphatic hydroxyl groups is 1. The van der Waals surface area contributed by atoms with Crippen LogP contribution in [0.3, 0.4) is 0 Å². The van der Waals surface area contributed by atoms with Gasteiger partial charge in [0.05, 0.1) is 25.3 Å². The Morgan fingerprint density at radius 2 is 2.22 bits per heavy atom. The lowest BCUT2D eigenvalue weighted by molar-refractivity contribution is -0.117. The van der Waals surface area contributed by atoms with E-state index in [9.17, 15) is 9.90 Å². The molecule has 6 heteroatoms. The number of thiophene rings is 1. The third kappa shape index (κ3) is 3.44. The molecule has 0 unspecified atom stereocenters. The molecule has 3 heterocycles. The summed E-state index contributed by atoms with van der Waals surface area (Å²) >= 11 is 1.40. The van der Waals surface area contributed by atoms with Gasteiger partial charge in [-0.2, -0.15) is 0 Å². The van der Waals surface area contributed by atoms with E-state index in [1.54, 1.807) is 30.3 Å². The third-order valence-corrected chi connectivity index (χ3v) is 4.37. The van der Waals surface area contributed by atoms with Crippen LogP contribution in [0.4, 0.5) is 0 Å². The molecule has 0 fully saturated rings. The zero-order valence-electron chi connectivity index (χ0n) is 12.1. The first-order chi connectivity index (χ1) is 11.2. The minimum atomic E-state index is -1.39. The maximum Gasteiger partial charge on any atom is 0.244 e. The number of nitrogens with one attached hydrogen (secondary N) is 1. The summed E-state index contributed by atoms with van der Waals surface area (Å²) in [6.45, 7) is 0.00951. The van der Waals surface area contributed by atoms with Crippen LogP contribution in [-0.4, -0.2) is 17.6 Å². The van der Waals surface area contributed by atoms with Crippen LogP contribution in [0, 0.1) is 0 Å². The van der Waals surface area contributed by atoms with Gasteiger partial charge in [0, 0.05) is 16.5 Å². The van der Waals surface area contributed by atoms with Crippen molar-refractivity contribution in [3.05, 3.63) is 76.8 Å². The Morgan fingerprint density at radius 3 is 2.87 bits per heavy atom. The van der Waals surface area contributed by atoms with Gasteiger partial charge in [0.2, 0.25) is 5.91 Å². The Kier molecular flexibility index (Phi) is 4.45. The summed E-state index contributed by atoms with van der Waals surface area (Å²) in [7, 11) is 0. The Bertz CT molecular complexity index is 724. The molecule has 23 heavy (non-hydrogen) atoms. The van der Waals surface area contributed by atoms with E-state index in [1.165, 1.54) is 36.2 Å². The van der Waals surface area contributed by atoms with E-state index < -0.39 is 5.60 Å². The molecule has 5 nitrogen and oxygen atoms in total. The number of amides is 1. The molecule has 3 rings (SSSR count). The van der Waals surface area contributed by atoms with Crippen LogP contribution in [0.5, 0.6) is 0 Å². The number of furan rings is 2. The van der Waals surface area contributed by atoms with E-state index in [0.717, 1.165) is 5.56 Å². The van der Waals surface area contributed by atoms with Crippen LogP contribution in [0.2, 0.25) is 0 Å². The molecule has 1 atom stereocenters. The van der Waals surface area contributed by atoms with Crippen molar-refractivity contribution in [3.8, 4) is 0 Å². The van der Waals surface area contributed by atoms with E-state index in [0.29, 0.717) is 10.6 Å². The summed E-state index contributed by atoms with van der Waals surface area (Å²) in [4.78, 5) is 12.7. The predicted octanol–water partition coefficient (Wildman–Crippen LogP) is 3.00. The molecule has 0 radical (unpaired) electrons. The van der Waals surface area contributed by atoms with Crippen LogP contribution in [0.1, 0.15) is 16.2 Å². The molecular formula is C17H15NO4S. The van der Waals surface area contributed by atoms with Crippen LogP contribution in [0.15, 0.2) is 69.4 Å². The Labute approximate surface area is 136 Å². The van der Waals surface area contributed by atoms with Crippen molar-refractivity contribution in [2.45, 2.75) is 5.60 Å². The SMILES string of the molecule is O=C(/C=C/c1ccoc1)NC[C@](O)(c1ccco1)c1cccs1. The van der Waals surface area contributed by atoms with Crippen LogP contribution < -0.4 is 5.32 Å². The van der Waals surface area contributed by atoms with Gasteiger partial charge in [0.15, 0.2) is 5.60 Å². The topological polar surface area (TPSA) is 75.6 Å². The minimum Gasteiger partial charge on any atom is -0.472 e. The average Bonchev–Trinajstić information content (AvgIpc) is 3.33. The number of hydrogen-bond donors (Lipinski definition) is 2. The maximum absolute atomic E-state index is 12.0. The summed E-state index contributed by atoms with van der Waals surface area (Å²) in [5.74, 6) is 0.0757. The van der Waals surface area contributed by atoms with Crippen molar-refractivity contribution >= 4 is 23.3 Å². The molecule has 0 saturated carbocycles. The Hall–Kier alpha value is -2.57. The van der Waals surface area contributed by atoms with Gasteiger partial charge in [-0.15, -0.1) is 11.3 Å². The molecular weight excluding hydrogens is 314 g/mol. The monoisotopic (exact) mass is 329 g/mol. The van der Waals surface area contributed by atoms with Crippen molar-refractivity contribution < 1.29 is 18.7 Å². The zero-order chi connectivity index (χ0) is 16.1. The van der Waals surface area contributed by atoms with Crippen LogP contribution in [-0.2, 0) is 10.4 Å². The number of hydrogen-bond acceptors (Lipinski definition) is 5. The largest absolute Gasteiger partial charge is 0.472 e. The zero-order valence-corrected chi connectivity index (χ0v) is 13.0. The van der Waals surface area contributed by atoms with Gasteiger partial charge in [-0.3, -0.25) is 4.79 Å². The van der Waals surface area contributed by atoms with Crippen LogP contribution in [0.25, 0.3) is 6.08 Å². The molecule has 2 N–H and O–H groups in total. The predicted molar refractivity (Wildman–Crippen MR) is 86.8 cm³/mol. The summed E-state index contributed by atoms with van der Waals surface area (Å²) < 4.78 is 10.3. The van der Waals surface area contributed by atoms with Crippen molar-refractivity contribution in [2.75, 3.05) is 6.54 Å². The first kappa shape index (κ1) is 15.3. The van der Waals surface area contributed by atoms with Gasteiger partial charge in [-0.1, -0.05) is 6.07 Å². The minimum absolute atomic E-state index is 0.00951. The molecule has 0 aliphatic heterocycles. The summed E-state index contributed by atoms with van der Waals surface area (Å²) in [6, 6.07) is 8.78. The van der Waals surface area contributed by atoms with Gasteiger partial charge in [0.1, 0.15) is 5.76 Å². The van der Waals surface area contributed by atoms with Crippen molar-refractivity contribution in [2.24, 2.45) is 0 Å². The summed E-state index contributed by atoms with van der Waals surface area (Å²) in [5, 5.41) is 15.6. The highest BCUT2D eigenvalue weighted by Gasteiger charge is 2.35. The van der Waals surface area contributed by atoms with E-state index in [1.807, 2.05) is 11.4 Å². The molecule has 118 valence electrons. The normalized spacial score (nSPS) is 14.0. The maximum atomic E-state index is 12.0. The Balaban J connectivity index is 1.71. The highest BCUT2D eigenvalue weighted by molar-refractivity contribution is 7.10. The van der Waals surface area contributed by atoms with E-state index in [-0.39, 0.29) is 12.5 Å². The first-order valence-electron chi connectivity index (χ1n) is 6.97. The molecule has 0 aliphatic carbocycles. The quantitative estimate of drug-likeness (QED) is 0.682. The van der Waals surface area contributed by atoms with Gasteiger partial charge in [-0.05, 0) is 35.7 Å². The summed E-state index contributed by atoms with van der Waals surface area (Å²) in [6.07, 6.45) is 7.59. The number of rotatable bonds is 6. The molecule has 3 aromatic heterocycles. The second kappa shape index (κ2) is 6.68. The first-order valence-corrected chi connectivity index (χ1v) is 7.85. The van der Waals surface area contributed by atoms with Crippen molar-refractivity contribution in [1.29, 1.82) is 0 Å². The molecule has 1 amide bonds. The highest BCUT2D eigenvalue weighted by atomic mass is 32.1. The molecule has 0 spiro atoms. The molecule has 0 saturated heterocycles. The smallest absolute Gasteiger partial charge is 0.244 e. The van der Waals surface area contributed by atoms with E-state index in [4.69, 9.17) is 8.83 Å². The Morgan fingerprint density at radius 1 is 1.30 bits per heavy atom. The molecule has 0 bridgehead atoms. The molecule has 0 aliphatic rings. The van der Waals surface area contributed by atoms with E-state index >= 15 is 0 Å². The standard InChI is InChI=1S/C17H15NO4S/c19-16(6-5-13-7-9-21-11-13)18-12-17(20,14-3-1-8-22-14)15-4-2-10-23-15/h1-11,20H,12H2,(H,18,19)/b6-5+/t17-/m0/s1. The molecule has 0 aromatic carbocycles. The summed E-state index contributed by atoms with van der Waals surface area (Å²) in [5.41, 5.74) is -0.601. The van der Waals surface area contributed by atoms with Crippen molar-refractivity contribution in [1.82, 2.24) is 5.32 Å². The van der Waals surface area contributed by atoms with Gasteiger partial charge in [-0.25, -0.2) is 0 Å². The highest BCUT2D eigenvalue weighted by Crippen LogP contribution is 2.32. The lowest BCUT2D eigenvalue weighted by Gasteiger charge is -2.24. The van der Waals surface area contributed by atoms with Gasteiger partial charge >= 0.3 is 0 Å². The van der Waals surface area contributed by atoms with Gasteiger partial charge < -0.3 is 19.3 Å². The van der Waals surface area contributed by atoms with Gasteiger partial charge in [0.25, 0.3) is 0 Å². The lowest BCUT2D eigenvalue weighted by atomic mass is 9.98. The number of carbonyl (C=O) groups is 1. The fraction of sp³-hybridized carbons (Fsp3) is 0.118. The van der Waals surface area contributed by atoms with Crippen molar-refractivity contribution in [3.63, 3.8) is 0 Å². The fourth-order valence-corrected chi connectivity index (χ4v) is 2.97. The number of carbonyl (C=O) groups excluding carboxylic acids is 1. The van der Waals surface area contributed by atoms with Crippen LogP contribution >= 0.6 is 11.3 Å². The fourth-order valence-electron chi connectivity index (χ4n) is 2.14. The second-order valence-corrected chi connectivity index (χ2v) is 5.87. The molecule has 3 aromatic rings. The second-order valence-electron chi connectivity index (χ2n) is 4.92. The average molecular weight is 329 g/mol. The lowest BCUT2D eigenvalue weighted by Crippen LogP contribution is -2.40.